The van der Waals surface area contributed by atoms with Gasteiger partial charge in [-0.05, 0) is 51.9 Å². The van der Waals surface area contributed by atoms with E-state index in [-0.39, 0.29) is 0 Å². The molecule has 25 heavy (non-hydrogen) atoms. The maximum absolute atomic E-state index is 3.65. The molecule has 0 bridgehead atoms. The molecule has 1 N–H and O–H groups in total. The monoisotopic (exact) mass is 321 g/mol. The molecule has 0 aliphatic heterocycles. The van der Waals surface area contributed by atoms with E-state index in [0.29, 0.717) is 0 Å². The van der Waals surface area contributed by atoms with Crippen LogP contribution in [0.25, 0.3) is 32.3 Å². The summed E-state index contributed by atoms with van der Waals surface area (Å²) in [6, 6.07) is 24.0. The van der Waals surface area contributed by atoms with Crippen molar-refractivity contribution >= 4 is 38.0 Å². The first-order valence-corrected chi connectivity index (χ1v) is 8.88. The summed E-state index contributed by atoms with van der Waals surface area (Å²) in [7, 11) is 0. The number of anilines is 1. The molecule has 0 radical (unpaired) electrons. The molecule has 120 valence electrons. The van der Waals surface area contributed by atoms with Crippen LogP contribution in [0, 0.1) is 0 Å². The lowest BCUT2D eigenvalue weighted by Crippen LogP contribution is -2.00. The Balaban J connectivity index is 1.88. The normalized spacial score (nSPS) is 14.2. The molecule has 4 aromatic rings. The van der Waals surface area contributed by atoms with Crippen molar-refractivity contribution in [2.45, 2.75) is 12.8 Å². The SMILES string of the molecule is C1=CC(Nc2cccc3c4ccccc4c4ccccc4c23)=CCC1. The minimum atomic E-state index is 1.10. The van der Waals surface area contributed by atoms with Crippen molar-refractivity contribution in [2.24, 2.45) is 0 Å². The Morgan fingerprint density at radius 1 is 0.600 bits per heavy atom. The Morgan fingerprint density at radius 3 is 1.84 bits per heavy atom. The van der Waals surface area contributed by atoms with Gasteiger partial charge in [0, 0.05) is 16.8 Å². The van der Waals surface area contributed by atoms with E-state index in [1.165, 1.54) is 43.7 Å². The van der Waals surface area contributed by atoms with Gasteiger partial charge >= 0.3 is 0 Å². The largest absolute Gasteiger partial charge is 0.355 e. The molecule has 0 fully saturated rings. The first-order valence-electron chi connectivity index (χ1n) is 8.88. The van der Waals surface area contributed by atoms with Crippen LogP contribution in [-0.2, 0) is 0 Å². The minimum absolute atomic E-state index is 1.10. The Bertz CT molecular complexity index is 1120. The van der Waals surface area contributed by atoms with Gasteiger partial charge in [-0.1, -0.05) is 72.8 Å². The van der Waals surface area contributed by atoms with Gasteiger partial charge in [0.1, 0.15) is 0 Å². The topological polar surface area (TPSA) is 12.0 Å². The quantitative estimate of drug-likeness (QED) is 0.401. The second kappa shape index (κ2) is 5.78. The van der Waals surface area contributed by atoms with Crippen LogP contribution < -0.4 is 5.32 Å². The molecule has 4 aromatic carbocycles. The van der Waals surface area contributed by atoms with E-state index in [0.717, 1.165) is 12.8 Å². The van der Waals surface area contributed by atoms with Crippen molar-refractivity contribution in [1.82, 2.24) is 0 Å². The van der Waals surface area contributed by atoms with Gasteiger partial charge in [-0.25, -0.2) is 0 Å². The van der Waals surface area contributed by atoms with Crippen LogP contribution in [0.2, 0.25) is 0 Å². The van der Waals surface area contributed by atoms with Gasteiger partial charge < -0.3 is 5.32 Å². The zero-order valence-electron chi connectivity index (χ0n) is 14.0. The summed E-state index contributed by atoms with van der Waals surface area (Å²) in [5.74, 6) is 0. The molecule has 1 aliphatic carbocycles. The molecule has 0 saturated carbocycles. The van der Waals surface area contributed by atoms with E-state index in [2.05, 4.69) is 90.3 Å². The van der Waals surface area contributed by atoms with Crippen LogP contribution in [0.4, 0.5) is 5.69 Å². The van der Waals surface area contributed by atoms with Gasteiger partial charge in [-0.3, -0.25) is 0 Å². The molecule has 0 heterocycles. The van der Waals surface area contributed by atoms with Crippen molar-refractivity contribution in [1.29, 1.82) is 0 Å². The van der Waals surface area contributed by atoms with Gasteiger partial charge in [-0.2, -0.15) is 0 Å². The number of nitrogens with one attached hydrogen (secondary N) is 1. The van der Waals surface area contributed by atoms with Gasteiger partial charge in [0.15, 0.2) is 0 Å². The highest BCUT2D eigenvalue weighted by molar-refractivity contribution is 6.28. The van der Waals surface area contributed by atoms with Crippen LogP contribution in [-0.4, -0.2) is 0 Å². The van der Waals surface area contributed by atoms with Gasteiger partial charge in [-0.15, -0.1) is 0 Å². The highest BCUT2D eigenvalue weighted by Crippen LogP contribution is 2.38. The maximum atomic E-state index is 3.65. The molecule has 0 amide bonds. The van der Waals surface area contributed by atoms with Crippen molar-refractivity contribution in [3.63, 3.8) is 0 Å². The summed E-state index contributed by atoms with van der Waals surface area (Å²) in [6.07, 6.45) is 8.94. The molecule has 5 rings (SSSR count). The fourth-order valence-corrected chi connectivity index (χ4v) is 3.92. The van der Waals surface area contributed by atoms with Gasteiger partial charge in [0.25, 0.3) is 0 Å². The lowest BCUT2D eigenvalue weighted by atomic mass is 9.93. The van der Waals surface area contributed by atoms with Gasteiger partial charge in [0.05, 0.1) is 0 Å². The molecule has 1 nitrogen and oxygen atoms in total. The third kappa shape index (κ3) is 2.32. The lowest BCUT2D eigenvalue weighted by molar-refractivity contribution is 1.02. The van der Waals surface area contributed by atoms with E-state index >= 15 is 0 Å². The third-order valence-corrected chi connectivity index (χ3v) is 5.04. The molecule has 0 atom stereocenters. The summed E-state index contributed by atoms with van der Waals surface area (Å²) < 4.78 is 0. The zero-order valence-corrected chi connectivity index (χ0v) is 14.0. The number of benzene rings is 4. The summed E-state index contributed by atoms with van der Waals surface area (Å²) in [5, 5.41) is 11.5. The molecule has 0 saturated heterocycles. The van der Waals surface area contributed by atoms with Crippen LogP contribution in [0.5, 0.6) is 0 Å². The Kier molecular flexibility index (Phi) is 3.31. The molecule has 1 aliphatic rings. The second-order valence-electron chi connectivity index (χ2n) is 6.58. The van der Waals surface area contributed by atoms with Gasteiger partial charge in [0.2, 0.25) is 0 Å². The van der Waals surface area contributed by atoms with Crippen molar-refractivity contribution < 1.29 is 0 Å². The minimum Gasteiger partial charge on any atom is -0.355 e. The molecule has 0 unspecified atom stereocenters. The standard InChI is InChI=1S/C24H19N/c1-2-9-17(10-3-1)25-23-16-8-15-22-20-12-5-4-11-18(20)19-13-6-7-14-21(19)24(22)23/h2,4-16,25H,1,3H2. The highest BCUT2D eigenvalue weighted by Gasteiger charge is 2.11. The summed E-state index contributed by atoms with van der Waals surface area (Å²) in [6.45, 7) is 0. The Morgan fingerprint density at radius 2 is 1.20 bits per heavy atom. The van der Waals surface area contributed by atoms with Crippen LogP contribution in [0.15, 0.2) is 90.7 Å². The fraction of sp³-hybridized carbons (Fsp3) is 0.0833. The number of allylic oxidation sites excluding steroid dienone is 3. The molecule has 0 spiro atoms. The van der Waals surface area contributed by atoms with Crippen molar-refractivity contribution in [3.05, 3.63) is 90.7 Å². The highest BCUT2D eigenvalue weighted by atomic mass is 14.9. The Hall–Kier alpha value is -3.06. The lowest BCUT2D eigenvalue weighted by Gasteiger charge is -2.16. The van der Waals surface area contributed by atoms with Crippen molar-refractivity contribution in [3.8, 4) is 0 Å². The molecule has 0 aromatic heterocycles. The number of fused-ring (bicyclic) bond motifs is 6. The van der Waals surface area contributed by atoms with E-state index in [4.69, 9.17) is 0 Å². The molecular formula is C24H19N. The van der Waals surface area contributed by atoms with Crippen molar-refractivity contribution in [2.75, 3.05) is 5.32 Å². The average molecular weight is 321 g/mol. The predicted octanol–water partition coefficient (Wildman–Crippen LogP) is 6.79. The third-order valence-electron chi connectivity index (χ3n) is 5.04. The second-order valence-corrected chi connectivity index (χ2v) is 6.58. The number of hydrogen-bond donors (Lipinski definition) is 1. The summed E-state index contributed by atoms with van der Waals surface area (Å²) in [5.41, 5.74) is 2.37. The average Bonchev–Trinajstić information content (AvgIpc) is 2.69. The van der Waals surface area contributed by atoms with E-state index in [1.807, 2.05) is 0 Å². The number of rotatable bonds is 2. The van der Waals surface area contributed by atoms with Crippen LogP contribution >= 0.6 is 0 Å². The molecular weight excluding hydrogens is 302 g/mol. The summed E-state index contributed by atoms with van der Waals surface area (Å²) in [4.78, 5) is 0. The van der Waals surface area contributed by atoms with Crippen LogP contribution in [0.3, 0.4) is 0 Å². The first kappa shape index (κ1) is 14.3. The molecule has 1 heteroatoms. The maximum Gasteiger partial charge on any atom is 0.0470 e. The smallest absolute Gasteiger partial charge is 0.0470 e. The zero-order chi connectivity index (χ0) is 16.6. The predicted molar refractivity (Wildman–Crippen MR) is 109 cm³/mol. The summed E-state index contributed by atoms with van der Waals surface area (Å²) >= 11 is 0. The van der Waals surface area contributed by atoms with E-state index < -0.39 is 0 Å². The number of hydrogen-bond acceptors (Lipinski definition) is 1. The van der Waals surface area contributed by atoms with E-state index in [1.54, 1.807) is 0 Å². The van der Waals surface area contributed by atoms with E-state index in [9.17, 15) is 0 Å². The Labute approximate surface area is 147 Å². The fourth-order valence-electron chi connectivity index (χ4n) is 3.92. The first-order chi connectivity index (χ1) is 12.4. The van der Waals surface area contributed by atoms with Crippen LogP contribution in [0.1, 0.15) is 12.8 Å².